The van der Waals surface area contributed by atoms with Gasteiger partial charge in [-0.15, -0.1) is 0 Å². The molecule has 0 amide bonds. The minimum atomic E-state index is 0.605. The van der Waals surface area contributed by atoms with Crippen LogP contribution in [0.1, 0.15) is 5.56 Å². The largest absolute Gasteiger partial charge is 0.208 e. The normalized spacial score (nSPS) is 10.8. The zero-order chi connectivity index (χ0) is 29.7. The fourth-order valence-corrected chi connectivity index (χ4v) is 5.43. The van der Waals surface area contributed by atoms with Crippen LogP contribution in [0.25, 0.3) is 73.6 Å². The zero-order valence-electron chi connectivity index (χ0n) is 24.1. The molecule has 0 spiro atoms. The van der Waals surface area contributed by atoms with Crippen molar-refractivity contribution in [1.29, 1.82) is 0 Å². The third-order valence-corrected chi connectivity index (χ3v) is 7.71. The zero-order valence-corrected chi connectivity index (χ0v) is 24.1. The van der Waals surface area contributed by atoms with Crippen molar-refractivity contribution in [2.45, 2.75) is 0 Å². The molecule has 0 saturated carbocycles. The Bertz CT molecular complexity index is 1970. The van der Waals surface area contributed by atoms with Crippen molar-refractivity contribution in [3.63, 3.8) is 0 Å². The van der Waals surface area contributed by atoms with Crippen molar-refractivity contribution in [2.75, 3.05) is 0 Å². The van der Waals surface area contributed by atoms with Gasteiger partial charge in [0.25, 0.3) is 0 Å². The molecule has 0 atom stereocenters. The molecule has 0 aliphatic carbocycles. The summed E-state index contributed by atoms with van der Waals surface area (Å²) in [6.45, 7) is 4.10. The number of hydrogen-bond acceptors (Lipinski definition) is 3. The molecule has 0 radical (unpaired) electrons. The molecule has 0 aliphatic rings. The van der Waals surface area contributed by atoms with Crippen LogP contribution in [-0.4, -0.2) is 15.0 Å². The summed E-state index contributed by atoms with van der Waals surface area (Å²) in [7, 11) is 0. The summed E-state index contributed by atoms with van der Waals surface area (Å²) in [5.41, 5.74) is 10.4. The average molecular weight is 564 g/mol. The van der Waals surface area contributed by atoms with E-state index in [4.69, 9.17) is 15.0 Å². The highest BCUT2D eigenvalue weighted by Gasteiger charge is 2.16. The highest BCUT2D eigenvalue weighted by atomic mass is 15.0. The SMILES string of the molecule is C=Cc1ccc(-c2ccccc2)cc1-c1nc(-c2cccc(-c3ccccc3)c2)nc(-c2cccc(-c3ccccc3)c2)n1. The van der Waals surface area contributed by atoms with E-state index in [0.29, 0.717) is 17.5 Å². The minimum Gasteiger partial charge on any atom is -0.208 e. The van der Waals surface area contributed by atoms with E-state index in [-0.39, 0.29) is 0 Å². The van der Waals surface area contributed by atoms with Crippen molar-refractivity contribution in [3.8, 4) is 67.5 Å². The molecular formula is C41H29N3. The second kappa shape index (κ2) is 12.1. The fraction of sp³-hybridized carbons (Fsp3) is 0. The van der Waals surface area contributed by atoms with Crippen LogP contribution in [0, 0.1) is 0 Å². The molecule has 6 aromatic carbocycles. The number of hydrogen-bond donors (Lipinski definition) is 0. The molecule has 7 rings (SSSR count). The monoisotopic (exact) mass is 563 g/mol. The van der Waals surface area contributed by atoms with Gasteiger partial charge in [-0.2, -0.15) is 0 Å². The second-order valence-corrected chi connectivity index (χ2v) is 10.6. The molecule has 7 aromatic rings. The Morgan fingerprint density at radius 1 is 0.341 bits per heavy atom. The van der Waals surface area contributed by atoms with Crippen LogP contribution in [-0.2, 0) is 0 Å². The lowest BCUT2D eigenvalue weighted by molar-refractivity contribution is 1.07. The molecular weight excluding hydrogens is 534 g/mol. The van der Waals surface area contributed by atoms with Crippen molar-refractivity contribution in [2.24, 2.45) is 0 Å². The third kappa shape index (κ3) is 5.59. The summed E-state index contributed by atoms with van der Waals surface area (Å²) in [5.74, 6) is 1.84. The molecule has 0 fully saturated rings. The first kappa shape index (κ1) is 26.9. The third-order valence-electron chi connectivity index (χ3n) is 7.71. The van der Waals surface area contributed by atoms with Gasteiger partial charge in [-0.25, -0.2) is 15.0 Å². The second-order valence-electron chi connectivity index (χ2n) is 10.6. The van der Waals surface area contributed by atoms with Gasteiger partial charge >= 0.3 is 0 Å². The summed E-state index contributed by atoms with van der Waals surface area (Å²) in [5, 5.41) is 0. The Hall–Kier alpha value is -5.93. The van der Waals surface area contributed by atoms with Crippen LogP contribution in [0.2, 0.25) is 0 Å². The van der Waals surface area contributed by atoms with E-state index in [9.17, 15) is 0 Å². The molecule has 0 saturated heterocycles. The highest BCUT2D eigenvalue weighted by molar-refractivity contribution is 5.80. The van der Waals surface area contributed by atoms with E-state index in [1.807, 2.05) is 24.3 Å². The van der Waals surface area contributed by atoms with Crippen LogP contribution >= 0.6 is 0 Å². The maximum Gasteiger partial charge on any atom is 0.164 e. The maximum atomic E-state index is 5.09. The van der Waals surface area contributed by atoms with E-state index < -0.39 is 0 Å². The van der Waals surface area contributed by atoms with Gasteiger partial charge in [-0.3, -0.25) is 0 Å². The van der Waals surface area contributed by atoms with Crippen LogP contribution in [0.15, 0.2) is 164 Å². The predicted molar refractivity (Wildman–Crippen MR) is 183 cm³/mol. The number of aromatic nitrogens is 3. The summed E-state index contributed by atoms with van der Waals surface area (Å²) in [4.78, 5) is 15.2. The first-order valence-corrected chi connectivity index (χ1v) is 14.7. The molecule has 1 aromatic heterocycles. The molecule has 208 valence electrons. The Balaban J connectivity index is 1.42. The molecule has 0 bridgehead atoms. The molecule has 3 heteroatoms. The number of nitrogens with zero attached hydrogens (tertiary/aromatic N) is 3. The summed E-state index contributed by atoms with van der Waals surface area (Å²) >= 11 is 0. The maximum absolute atomic E-state index is 5.09. The van der Waals surface area contributed by atoms with Gasteiger partial charge in [0.15, 0.2) is 17.5 Å². The van der Waals surface area contributed by atoms with Crippen LogP contribution in [0.3, 0.4) is 0 Å². The van der Waals surface area contributed by atoms with E-state index in [1.165, 1.54) is 0 Å². The molecule has 0 unspecified atom stereocenters. The Morgan fingerprint density at radius 3 is 1.18 bits per heavy atom. The van der Waals surface area contributed by atoms with Crippen molar-refractivity contribution < 1.29 is 0 Å². The lowest BCUT2D eigenvalue weighted by Crippen LogP contribution is -2.01. The van der Waals surface area contributed by atoms with Crippen molar-refractivity contribution >= 4 is 6.08 Å². The minimum absolute atomic E-state index is 0.605. The van der Waals surface area contributed by atoms with Crippen molar-refractivity contribution in [3.05, 3.63) is 170 Å². The Kier molecular flexibility index (Phi) is 7.42. The summed E-state index contributed by atoms with van der Waals surface area (Å²) in [6, 6.07) is 54.2. The van der Waals surface area contributed by atoms with E-state index >= 15 is 0 Å². The fourth-order valence-electron chi connectivity index (χ4n) is 5.43. The Labute approximate surface area is 257 Å². The predicted octanol–water partition coefficient (Wildman–Crippen LogP) is 10.5. The number of benzene rings is 6. The first-order valence-electron chi connectivity index (χ1n) is 14.7. The quantitative estimate of drug-likeness (QED) is 0.194. The van der Waals surface area contributed by atoms with Crippen LogP contribution < -0.4 is 0 Å². The summed E-state index contributed by atoms with van der Waals surface area (Å²) < 4.78 is 0. The smallest absolute Gasteiger partial charge is 0.164 e. The van der Waals surface area contributed by atoms with Gasteiger partial charge in [0, 0.05) is 16.7 Å². The van der Waals surface area contributed by atoms with Crippen LogP contribution in [0.5, 0.6) is 0 Å². The number of rotatable bonds is 7. The molecule has 0 aliphatic heterocycles. The van der Waals surface area contributed by atoms with Crippen molar-refractivity contribution in [1.82, 2.24) is 15.0 Å². The lowest BCUT2D eigenvalue weighted by Gasteiger charge is -2.13. The van der Waals surface area contributed by atoms with E-state index in [2.05, 4.69) is 146 Å². The lowest BCUT2D eigenvalue weighted by atomic mass is 9.98. The molecule has 1 heterocycles. The molecule has 0 N–H and O–H groups in total. The van der Waals surface area contributed by atoms with Gasteiger partial charge in [0.05, 0.1) is 0 Å². The van der Waals surface area contributed by atoms with Gasteiger partial charge in [-0.05, 0) is 57.1 Å². The highest BCUT2D eigenvalue weighted by Crippen LogP contribution is 2.33. The van der Waals surface area contributed by atoms with Crippen LogP contribution in [0.4, 0.5) is 0 Å². The summed E-state index contributed by atoms with van der Waals surface area (Å²) in [6.07, 6.45) is 1.86. The van der Waals surface area contributed by atoms with Gasteiger partial charge < -0.3 is 0 Å². The van der Waals surface area contributed by atoms with E-state index in [1.54, 1.807) is 0 Å². The van der Waals surface area contributed by atoms with Gasteiger partial charge in [0.2, 0.25) is 0 Å². The van der Waals surface area contributed by atoms with Gasteiger partial charge in [0.1, 0.15) is 0 Å². The average Bonchev–Trinajstić information content (AvgIpc) is 3.12. The Morgan fingerprint density at radius 2 is 0.727 bits per heavy atom. The van der Waals surface area contributed by atoms with Gasteiger partial charge in [-0.1, -0.05) is 152 Å². The molecule has 3 nitrogen and oxygen atoms in total. The topological polar surface area (TPSA) is 38.7 Å². The first-order chi connectivity index (χ1) is 21.7. The van der Waals surface area contributed by atoms with E-state index in [0.717, 1.165) is 55.6 Å². The standard InChI is InChI=1S/C41H29N3/c1-2-29-24-25-35(32-18-10-5-11-19-32)28-38(29)41-43-39(36-22-12-20-33(26-36)30-14-6-3-7-15-30)42-40(44-41)37-23-13-21-34(27-37)31-16-8-4-9-17-31/h2-28H,1H2. The molecule has 44 heavy (non-hydrogen) atoms.